The fourth-order valence-corrected chi connectivity index (χ4v) is 5.46. The third-order valence-electron chi connectivity index (χ3n) is 6.58. The molecule has 0 fully saturated rings. The maximum absolute atomic E-state index is 13.6. The largest absolute Gasteiger partial charge is 0.361 e. The van der Waals surface area contributed by atoms with Crippen molar-refractivity contribution in [2.24, 2.45) is 9.98 Å². The molecule has 0 aliphatic carbocycles. The Balaban J connectivity index is 1.20. The van der Waals surface area contributed by atoms with Crippen LogP contribution in [0.1, 0.15) is 22.3 Å². The Hall–Kier alpha value is -4.17. The number of amides is 2. The highest BCUT2D eigenvalue weighted by molar-refractivity contribution is 8.14. The predicted molar refractivity (Wildman–Crippen MR) is 148 cm³/mol. The first-order valence-electron chi connectivity index (χ1n) is 12.2. The molecule has 1 aromatic heterocycles. The van der Waals surface area contributed by atoms with Crippen LogP contribution in [0.3, 0.4) is 0 Å². The second-order valence-corrected chi connectivity index (χ2v) is 10.1. The summed E-state index contributed by atoms with van der Waals surface area (Å²) in [5, 5.41) is 4.52. The Kier molecular flexibility index (Phi) is 6.10. The Morgan fingerprint density at radius 2 is 1.84 bits per heavy atom. The summed E-state index contributed by atoms with van der Waals surface area (Å²) in [6.45, 7) is 2.49. The van der Waals surface area contributed by atoms with E-state index >= 15 is 0 Å². The van der Waals surface area contributed by atoms with Gasteiger partial charge in [0.05, 0.1) is 11.4 Å². The Labute approximate surface area is 218 Å². The maximum Gasteiger partial charge on any atom is 0.259 e. The number of carbonyl (C=O) groups excluding carboxylic acids is 2. The van der Waals surface area contributed by atoms with Crippen molar-refractivity contribution in [3.63, 3.8) is 0 Å². The van der Waals surface area contributed by atoms with Crippen molar-refractivity contribution in [3.05, 3.63) is 101 Å². The van der Waals surface area contributed by atoms with Gasteiger partial charge in [0, 0.05) is 35.6 Å². The third kappa shape index (κ3) is 4.56. The van der Waals surface area contributed by atoms with Gasteiger partial charge in [0.15, 0.2) is 5.17 Å². The molecule has 1 atom stereocenters. The van der Waals surface area contributed by atoms with E-state index in [4.69, 9.17) is 9.98 Å². The molecule has 0 radical (unpaired) electrons. The molecule has 0 bridgehead atoms. The van der Waals surface area contributed by atoms with Gasteiger partial charge in [-0.1, -0.05) is 71.9 Å². The Morgan fingerprint density at radius 3 is 2.70 bits per heavy atom. The van der Waals surface area contributed by atoms with Crippen LogP contribution in [0.4, 0.5) is 5.69 Å². The van der Waals surface area contributed by atoms with E-state index < -0.39 is 6.04 Å². The summed E-state index contributed by atoms with van der Waals surface area (Å²) in [5.74, 6) is 0.508. The molecule has 2 N–H and O–H groups in total. The number of aryl methyl sites for hydroxylation is 1. The van der Waals surface area contributed by atoms with Crippen LogP contribution in [0.5, 0.6) is 0 Å². The van der Waals surface area contributed by atoms with Crippen LogP contribution in [0.2, 0.25) is 0 Å². The monoisotopic (exact) mass is 507 g/mol. The molecule has 184 valence electrons. The summed E-state index contributed by atoms with van der Waals surface area (Å²) in [7, 11) is 0. The van der Waals surface area contributed by atoms with Crippen LogP contribution < -0.4 is 5.32 Å². The highest BCUT2D eigenvalue weighted by atomic mass is 32.2. The van der Waals surface area contributed by atoms with E-state index in [-0.39, 0.29) is 17.6 Å². The van der Waals surface area contributed by atoms with Gasteiger partial charge >= 0.3 is 0 Å². The molecule has 2 aliphatic heterocycles. The number of nitrogens with zero attached hydrogens (tertiary/aromatic N) is 3. The fraction of sp³-hybridized carbons (Fsp3) is 0.172. The molecule has 37 heavy (non-hydrogen) atoms. The number of nitrogens with one attached hydrogen (secondary N) is 2. The summed E-state index contributed by atoms with van der Waals surface area (Å²) in [5.41, 5.74) is 5.88. The van der Waals surface area contributed by atoms with Crippen molar-refractivity contribution in [1.29, 1.82) is 0 Å². The van der Waals surface area contributed by atoms with Crippen molar-refractivity contribution in [2.75, 3.05) is 5.75 Å². The van der Waals surface area contributed by atoms with Crippen LogP contribution in [0.15, 0.2) is 89.0 Å². The minimum atomic E-state index is -0.554. The van der Waals surface area contributed by atoms with Gasteiger partial charge in [0.25, 0.3) is 5.91 Å². The third-order valence-corrected chi connectivity index (χ3v) is 7.52. The van der Waals surface area contributed by atoms with Crippen molar-refractivity contribution in [3.8, 4) is 0 Å². The lowest BCUT2D eigenvalue weighted by atomic mass is 10.1. The molecule has 0 saturated heterocycles. The zero-order valence-electron chi connectivity index (χ0n) is 20.3. The van der Waals surface area contributed by atoms with Gasteiger partial charge in [-0.25, -0.2) is 9.89 Å². The summed E-state index contributed by atoms with van der Waals surface area (Å²) in [6.07, 6.45) is 2.44. The maximum atomic E-state index is 13.6. The van der Waals surface area contributed by atoms with Crippen LogP contribution in [0.25, 0.3) is 10.9 Å². The van der Waals surface area contributed by atoms with Gasteiger partial charge in [-0.15, -0.1) is 0 Å². The summed E-state index contributed by atoms with van der Waals surface area (Å²) < 4.78 is 0. The van der Waals surface area contributed by atoms with Crippen LogP contribution in [-0.4, -0.2) is 44.5 Å². The van der Waals surface area contributed by atoms with E-state index in [9.17, 15) is 9.59 Å². The van der Waals surface area contributed by atoms with Crippen molar-refractivity contribution < 1.29 is 9.59 Å². The molecule has 2 aliphatic rings. The SMILES string of the molecule is Cc1ccc(CNC(=O)CSC2=Nc3ccccc3C3=N[C@H](Cc4c[nH]c5ccccc45)C(=O)N23)cc1. The van der Waals surface area contributed by atoms with Crippen molar-refractivity contribution in [1.82, 2.24) is 15.2 Å². The van der Waals surface area contributed by atoms with E-state index in [1.807, 2.05) is 85.9 Å². The second-order valence-electron chi connectivity index (χ2n) is 9.17. The average molecular weight is 508 g/mol. The first-order valence-corrected chi connectivity index (χ1v) is 13.2. The quantitative estimate of drug-likeness (QED) is 0.396. The first-order chi connectivity index (χ1) is 18.1. The summed E-state index contributed by atoms with van der Waals surface area (Å²) >= 11 is 1.26. The number of H-pyrrole nitrogens is 1. The number of aromatic amines is 1. The molecular weight excluding hydrogens is 482 g/mol. The lowest BCUT2D eigenvalue weighted by Crippen LogP contribution is -2.42. The molecule has 0 saturated carbocycles. The number of fused-ring (bicyclic) bond motifs is 4. The minimum Gasteiger partial charge on any atom is -0.361 e. The molecule has 6 rings (SSSR count). The number of thioether (sulfide) groups is 1. The molecule has 7 nitrogen and oxygen atoms in total. The molecule has 4 aromatic rings. The number of benzene rings is 3. The molecule has 3 aromatic carbocycles. The lowest BCUT2D eigenvalue weighted by Gasteiger charge is -2.25. The molecule has 8 heteroatoms. The van der Waals surface area contributed by atoms with Crippen LogP contribution in [0, 0.1) is 6.92 Å². The number of amidine groups is 2. The number of hydrogen-bond donors (Lipinski definition) is 2. The number of hydrogen-bond acceptors (Lipinski definition) is 5. The van der Waals surface area contributed by atoms with Gasteiger partial charge in [0.1, 0.15) is 11.9 Å². The number of rotatable bonds is 6. The highest BCUT2D eigenvalue weighted by Gasteiger charge is 2.41. The molecule has 0 unspecified atom stereocenters. The Bertz CT molecular complexity index is 1570. The van der Waals surface area contributed by atoms with Crippen molar-refractivity contribution in [2.45, 2.75) is 25.9 Å². The molecule has 2 amide bonds. The number of para-hydroxylation sites is 2. The van der Waals surface area contributed by atoms with Gasteiger partial charge < -0.3 is 10.3 Å². The van der Waals surface area contributed by atoms with Crippen LogP contribution >= 0.6 is 11.8 Å². The van der Waals surface area contributed by atoms with E-state index in [1.54, 1.807) is 4.90 Å². The topological polar surface area (TPSA) is 89.9 Å². The van der Waals surface area contributed by atoms with Gasteiger partial charge in [-0.2, -0.15) is 0 Å². The fourth-order valence-electron chi connectivity index (χ4n) is 4.63. The first kappa shape index (κ1) is 23.2. The summed E-state index contributed by atoms with van der Waals surface area (Å²) in [4.78, 5) is 40.7. The Morgan fingerprint density at radius 1 is 1.05 bits per heavy atom. The smallest absolute Gasteiger partial charge is 0.259 e. The number of carbonyl (C=O) groups is 2. The predicted octanol–water partition coefficient (Wildman–Crippen LogP) is 4.73. The zero-order chi connectivity index (χ0) is 25.4. The van der Waals surface area contributed by atoms with E-state index in [1.165, 1.54) is 17.3 Å². The standard InChI is InChI=1S/C29H25N5O2S/c1-18-10-12-19(13-11-18)15-31-26(35)17-37-29-33-24-9-5-3-7-22(24)27-32-25(28(36)34(27)29)14-20-16-30-23-8-4-2-6-21(20)23/h2-13,16,25,30H,14-15,17H2,1H3,(H,31,35)/t25-/m1/s1. The second kappa shape index (κ2) is 9.71. The van der Waals surface area contributed by atoms with E-state index in [2.05, 4.69) is 10.3 Å². The average Bonchev–Trinajstić information content (AvgIpc) is 3.48. The summed E-state index contributed by atoms with van der Waals surface area (Å²) in [6, 6.07) is 23.2. The molecule has 0 spiro atoms. The van der Waals surface area contributed by atoms with Crippen LogP contribution in [-0.2, 0) is 22.6 Å². The van der Waals surface area contributed by atoms with Gasteiger partial charge in [-0.3, -0.25) is 14.6 Å². The lowest BCUT2D eigenvalue weighted by molar-refractivity contribution is -0.124. The minimum absolute atomic E-state index is 0.118. The molecular formula is C29H25N5O2S. The normalized spacial score (nSPS) is 16.3. The number of aliphatic imine (C=N–C) groups is 2. The highest BCUT2D eigenvalue weighted by Crippen LogP contribution is 2.34. The van der Waals surface area contributed by atoms with E-state index in [0.717, 1.165) is 33.3 Å². The van der Waals surface area contributed by atoms with Gasteiger partial charge in [0.2, 0.25) is 5.91 Å². The molecule has 3 heterocycles. The number of aromatic nitrogens is 1. The zero-order valence-corrected chi connectivity index (χ0v) is 21.1. The van der Waals surface area contributed by atoms with Crippen molar-refractivity contribution >= 4 is 51.2 Å². The van der Waals surface area contributed by atoms with Gasteiger partial charge in [-0.05, 0) is 36.2 Å². The van der Waals surface area contributed by atoms with E-state index in [0.29, 0.717) is 24.0 Å².